The number of hydrogen-bond donors (Lipinski definition) is 0. The van der Waals surface area contributed by atoms with E-state index in [1.54, 1.807) is 0 Å². The SMILES string of the molecule is [2H]c1nn(-c2ncc(Br)cn2)c([2H])c1C([2H])([2H])[2H]. The summed E-state index contributed by atoms with van der Waals surface area (Å²) in [6, 6.07) is 0. The number of rotatable bonds is 1. The Morgan fingerprint density at radius 3 is 2.92 bits per heavy atom. The van der Waals surface area contributed by atoms with E-state index in [-0.39, 0.29) is 5.95 Å². The first-order valence-electron chi connectivity index (χ1n) is 5.85. The van der Waals surface area contributed by atoms with Crippen LogP contribution >= 0.6 is 15.9 Å². The van der Waals surface area contributed by atoms with Crippen LogP contribution in [0.3, 0.4) is 0 Å². The summed E-state index contributed by atoms with van der Waals surface area (Å²) < 4.78 is 38.6. The zero-order valence-electron chi connectivity index (χ0n) is 11.3. The Labute approximate surface area is 90.8 Å². The molecule has 0 unspecified atom stereocenters. The second-order valence-electron chi connectivity index (χ2n) is 2.21. The Hall–Kier alpha value is -1.23. The van der Waals surface area contributed by atoms with Crippen LogP contribution in [0.2, 0.25) is 0 Å². The molecule has 0 amide bonds. The van der Waals surface area contributed by atoms with E-state index < -0.39 is 24.8 Å². The molecule has 0 atom stereocenters. The van der Waals surface area contributed by atoms with Gasteiger partial charge in [0.2, 0.25) is 0 Å². The normalized spacial score (nSPS) is 16.8. The van der Waals surface area contributed by atoms with Gasteiger partial charge in [-0.15, -0.1) is 0 Å². The number of nitrogens with zero attached hydrogens (tertiary/aromatic N) is 4. The van der Waals surface area contributed by atoms with Crippen LogP contribution in [-0.2, 0) is 0 Å². The fourth-order valence-electron chi connectivity index (χ4n) is 0.765. The molecule has 0 bridgehead atoms. The fourth-order valence-corrected chi connectivity index (χ4v) is 0.970. The van der Waals surface area contributed by atoms with Crippen molar-refractivity contribution in [3.05, 3.63) is 34.8 Å². The summed E-state index contributed by atoms with van der Waals surface area (Å²) in [6.45, 7) is -2.55. The Kier molecular flexibility index (Phi) is 1.08. The molecule has 4 nitrogen and oxygen atoms in total. The second-order valence-corrected chi connectivity index (χ2v) is 3.13. The Balaban J connectivity index is 2.57. The molecule has 0 saturated heterocycles. The van der Waals surface area contributed by atoms with Crippen LogP contribution < -0.4 is 0 Å². The van der Waals surface area contributed by atoms with E-state index in [0.29, 0.717) is 4.47 Å². The maximum absolute atomic E-state index is 7.74. The minimum absolute atomic E-state index is 0.0483. The van der Waals surface area contributed by atoms with Crippen molar-refractivity contribution in [2.75, 3.05) is 0 Å². The van der Waals surface area contributed by atoms with Gasteiger partial charge in [-0.3, -0.25) is 0 Å². The molecular formula is C8H7BrN4. The average Bonchev–Trinajstić information content (AvgIpc) is 2.54. The molecule has 2 heterocycles. The molecule has 2 rings (SSSR count). The molecule has 0 spiro atoms. The Bertz CT molecular complexity index is 576. The van der Waals surface area contributed by atoms with E-state index in [2.05, 4.69) is 31.0 Å². The van der Waals surface area contributed by atoms with Crippen LogP contribution in [-0.4, -0.2) is 19.7 Å². The highest BCUT2D eigenvalue weighted by Crippen LogP contribution is 2.07. The van der Waals surface area contributed by atoms with Gasteiger partial charge in [-0.1, -0.05) is 0 Å². The molecule has 2 aromatic heterocycles. The molecule has 0 N–H and O–H groups in total. The molecule has 13 heavy (non-hydrogen) atoms. The summed E-state index contributed by atoms with van der Waals surface area (Å²) in [6.07, 6.45) is 2.03. The average molecular weight is 244 g/mol. The van der Waals surface area contributed by atoms with Gasteiger partial charge in [0.1, 0.15) is 0 Å². The van der Waals surface area contributed by atoms with Gasteiger partial charge in [-0.25, -0.2) is 14.6 Å². The van der Waals surface area contributed by atoms with Crippen LogP contribution in [0.5, 0.6) is 0 Å². The standard InChI is InChI=1S/C8H7BrN4/c1-6-2-12-13(5-6)8-10-3-7(9)4-11-8/h2-5H,1H3/i1D3,2D,5D. The van der Waals surface area contributed by atoms with E-state index in [4.69, 9.17) is 6.85 Å². The summed E-state index contributed by atoms with van der Waals surface area (Å²) in [5.74, 6) is 0.0483. The van der Waals surface area contributed by atoms with Gasteiger partial charge < -0.3 is 0 Å². The summed E-state index contributed by atoms with van der Waals surface area (Å²) in [7, 11) is 0. The summed E-state index contributed by atoms with van der Waals surface area (Å²) in [5.41, 5.74) is -0.408. The number of aromatic nitrogens is 4. The van der Waals surface area contributed by atoms with Gasteiger partial charge in [0, 0.05) is 22.7 Å². The lowest BCUT2D eigenvalue weighted by Gasteiger charge is -1.97. The Morgan fingerprint density at radius 2 is 2.31 bits per heavy atom. The minimum Gasteiger partial charge on any atom is -0.218 e. The van der Waals surface area contributed by atoms with Crippen molar-refractivity contribution < 1.29 is 6.85 Å². The predicted molar refractivity (Wildman–Crippen MR) is 51.6 cm³/mol. The molecule has 2 aromatic rings. The smallest absolute Gasteiger partial charge is 0.218 e. The van der Waals surface area contributed by atoms with E-state index >= 15 is 0 Å². The molecule has 0 fully saturated rings. The molecule has 5 heteroatoms. The van der Waals surface area contributed by atoms with Crippen molar-refractivity contribution in [3.63, 3.8) is 0 Å². The minimum atomic E-state index is -2.55. The van der Waals surface area contributed by atoms with Gasteiger partial charge >= 0.3 is 0 Å². The first-order valence-corrected chi connectivity index (χ1v) is 4.14. The maximum atomic E-state index is 7.74. The van der Waals surface area contributed by atoms with Crippen LogP contribution in [0.25, 0.3) is 5.95 Å². The molecular weight excluding hydrogens is 232 g/mol. The molecule has 0 aliphatic heterocycles. The number of hydrogen-bond acceptors (Lipinski definition) is 3. The van der Waals surface area contributed by atoms with E-state index in [9.17, 15) is 0 Å². The third-order valence-corrected chi connectivity index (χ3v) is 1.69. The first kappa shape index (κ1) is 4.32. The highest BCUT2D eigenvalue weighted by atomic mass is 79.9. The van der Waals surface area contributed by atoms with Crippen molar-refractivity contribution in [1.82, 2.24) is 19.7 Å². The fraction of sp³-hybridized carbons (Fsp3) is 0.125. The van der Waals surface area contributed by atoms with E-state index in [0.717, 1.165) is 4.68 Å². The monoisotopic (exact) mass is 243 g/mol. The van der Waals surface area contributed by atoms with Gasteiger partial charge in [0.25, 0.3) is 5.95 Å². The van der Waals surface area contributed by atoms with Gasteiger partial charge in [0.05, 0.1) is 13.4 Å². The predicted octanol–water partition coefficient (Wildman–Crippen LogP) is 1.73. The van der Waals surface area contributed by atoms with E-state index in [1.807, 2.05) is 0 Å². The largest absolute Gasteiger partial charge is 0.250 e. The first-order chi connectivity index (χ1) is 8.30. The Morgan fingerprint density at radius 1 is 1.54 bits per heavy atom. The number of halogens is 1. The maximum Gasteiger partial charge on any atom is 0.250 e. The molecule has 0 aliphatic rings. The van der Waals surface area contributed by atoms with E-state index in [1.165, 1.54) is 12.4 Å². The van der Waals surface area contributed by atoms with Gasteiger partial charge in [-0.2, -0.15) is 5.10 Å². The van der Waals surface area contributed by atoms with Crippen molar-refractivity contribution in [1.29, 1.82) is 0 Å². The summed E-state index contributed by atoms with van der Waals surface area (Å²) >= 11 is 3.16. The van der Waals surface area contributed by atoms with Crippen molar-refractivity contribution in [2.45, 2.75) is 6.85 Å². The van der Waals surface area contributed by atoms with Crippen LogP contribution in [0, 0.1) is 6.85 Å². The molecule has 66 valence electrons. The lowest BCUT2D eigenvalue weighted by Crippen LogP contribution is -2.00. The van der Waals surface area contributed by atoms with Gasteiger partial charge in [0.15, 0.2) is 0 Å². The third kappa shape index (κ3) is 1.75. The van der Waals surface area contributed by atoms with Crippen molar-refractivity contribution >= 4 is 15.9 Å². The summed E-state index contributed by atoms with van der Waals surface area (Å²) in [5, 5.41) is 3.67. The second kappa shape index (κ2) is 3.26. The van der Waals surface area contributed by atoms with Crippen LogP contribution in [0.15, 0.2) is 29.2 Å². The van der Waals surface area contributed by atoms with Gasteiger partial charge in [-0.05, 0) is 28.3 Å². The topological polar surface area (TPSA) is 43.6 Å². The summed E-state index contributed by atoms with van der Waals surface area (Å²) in [4.78, 5) is 7.80. The third-order valence-electron chi connectivity index (χ3n) is 1.28. The van der Waals surface area contributed by atoms with Crippen LogP contribution in [0.1, 0.15) is 12.4 Å². The molecule has 0 saturated carbocycles. The van der Waals surface area contributed by atoms with Crippen LogP contribution in [0.4, 0.5) is 0 Å². The zero-order valence-corrected chi connectivity index (χ0v) is 7.91. The quantitative estimate of drug-likeness (QED) is 0.767. The zero-order chi connectivity index (χ0) is 13.5. The molecule has 0 radical (unpaired) electrons. The lowest BCUT2D eigenvalue weighted by atomic mass is 10.4. The highest BCUT2D eigenvalue weighted by Gasteiger charge is 1.99. The molecule has 0 aromatic carbocycles. The highest BCUT2D eigenvalue weighted by molar-refractivity contribution is 9.10. The van der Waals surface area contributed by atoms with Crippen molar-refractivity contribution in [3.8, 4) is 5.95 Å². The van der Waals surface area contributed by atoms with Crippen molar-refractivity contribution in [2.24, 2.45) is 0 Å². The molecule has 0 aliphatic carbocycles. The lowest BCUT2D eigenvalue weighted by molar-refractivity contribution is 0.806.